The molecule has 0 saturated heterocycles. The second-order valence-electron chi connectivity index (χ2n) is 3.82. The molecule has 0 spiro atoms. The lowest BCUT2D eigenvalue weighted by Gasteiger charge is -2.15. The summed E-state index contributed by atoms with van der Waals surface area (Å²) in [5.74, 6) is 0.435. The molecule has 0 aliphatic rings. The molecule has 21 heavy (non-hydrogen) atoms. The van der Waals surface area contributed by atoms with Gasteiger partial charge in [-0.1, -0.05) is 0 Å². The first-order chi connectivity index (χ1) is 9.99. The van der Waals surface area contributed by atoms with Crippen molar-refractivity contribution in [3.8, 4) is 0 Å². The second kappa shape index (κ2) is 8.60. The molecular formula is C10H18N5O5P. The van der Waals surface area contributed by atoms with E-state index in [4.69, 9.17) is 14.2 Å². The number of nitrogens with zero attached hydrogens (tertiary/aromatic N) is 4. The van der Waals surface area contributed by atoms with Gasteiger partial charge in [0.2, 0.25) is 0 Å². The molecule has 1 aromatic rings. The maximum Gasteiger partial charge on any atom is 0.404 e. The van der Waals surface area contributed by atoms with Crippen LogP contribution in [0.1, 0.15) is 25.5 Å². The molecular weight excluding hydrogens is 301 g/mol. The molecule has 0 saturated carbocycles. The maximum absolute atomic E-state index is 12.3. The molecule has 10 nitrogen and oxygen atoms in total. The van der Waals surface area contributed by atoms with Crippen molar-refractivity contribution >= 4 is 13.7 Å². The number of amides is 1. The maximum atomic E-state index is 12.3. The molecule has 1 amide bonds. The number of carbonyl (C=O) groups is 1. The lowest BCUT2D eigenvalue weighted by Crippen LogP contribution is -2.24. The van der Waals surface area contributed by atoms with Crippen molar-refractivity contribution in [2.45, 2.75) is 26.4 Å². The Morgan fingerprint density at radius 1 is 1.14 bits per heavy atom. The third kappa shape index (κ3) is 6.56. The minimum atomic E-state index is -3.29. The van der Waals surface area contributed by atoms with Crippen LogP contribution in [-0.4, -0.2) is 51.4 Å². The van der Waals surface area contributed by atoms with Gasteiger partial charge in [0.25, 0.3) is 0 Å². The highest BCUT2D eigenvalue weighted by Crippen LogP contribution is 2.50. The Kier molecular flexibility index (Phi) is 7.13. The molecule has 0 aliphatic heterocycles. The van der Waals surface area contributed by atoms with Crippen LogP contribution in [0, 0.1) is 0 Å². The highest BCUT2D eigenvalue weighted by Gasteiger charge is 2.26. The first-order valence-corrected chi connectivity index (χ1v) is 8.12. The third-order valence-electron chi connectivity index (χ3n) is 2.17. The Balaban J connectivity index is 2.60. The van der Waals surface area contributed by atoms with Gasteiger partial charge in [0, 0.05) is 13.0 Å². The fraction of sp³-hybridized carbons (Fsp3) is 0.700. The number of carboxylic acid groups (broad SMARTS) is 1. The standard InChI is InChI=1S/C10H18N5O5P/c1-3-19-21(18,20-4-2)7-9-14-12-8(13-15-9)5-6-11-10(16)17/h11H,3-7H2,1-2H3,(H,16,17). The number of rotatable bonds is 9. The fourth-order valence-corrected chi connectivity index (χ4v) is 2.93. The van der Waals surface area contributed by atoms with Crippen LogP contribution in [0.2, 0.25) is 0 Å². The van der Waals surface area contributed by atoms with Gasteiger partial charge in [0.1, 0.15) is 6.16 Å². The van der Waals surface area contributed by atoms with E-state index in [0.717, 1.165) is 0 Å². The molecule has 2 N–H and O–H groups in total. The summed E-state index contributed by atoms with van der Waals surface area (Å²) in [4.78, 5) is 10.3. The van der Waals surface area contributed by atoms with Crippen molar-refractivity contribution in [3.05, 3.63) is 11.6 Å². The van der Waals surface area contributed by atoms with Gasteiger partial charge < -0.3 is 19.5 Å². The summed E-state index contributed by atoms with van der Waals surface area (Å²) in [6.07, 6.45) is -0.967. The first kappa shape index (κ1) is 17.4. The summed E-state index contributed by atoms with van der Waals surface area (Å²) in [6, 6.07) is 0. The molecule has 1 heterocycles. The van der Waals surface area contributed by atoms with Crippen LogP contribution in [0.15, 0.2) is 0 Å². The first-order valence-electron chi connectivity index (χ1n) is 6.39. The summed E-state index contributed by atoms with van der Waals surface area (Å²) in [7, 11) is -3.29. The highest BCUT2D eigenvalue weighted by atomic mass is 31.2. The number of nitrogens with one attached hydrogen (secondary N) is 1. The summed E-state index contributed by atoms with van der Waals surface area (Å²) in [5, 5.41) is 25.8. The van der Waals surface area contributed by atoms with Crippen LogP contribution in [0.4, 0.5) is 4.79 Å². The normalized spacial score (nSPS) is 11.3. The number of hydrogen-bond acceptors (Lipinski definition) is 8. The second-order valence-corrected chi connectivity index (χ2v) is 5.87. The van der Waals surface area contributed by atoms with Gasteiger partial charge in [-0.05, 0) is 13.8 Å². The van der Waals surface area contributed by atoms with E-state index in [2.05, 4.69) is 25.7 Å². The zero-order chi connectivity index (χ0) is 15.7. The Hall–Kier alpha value is -1.64. The van der Waals surface area contributed by atoms with Crippen LogP contribution in [0.3, 0.4) is 0 Å². The van der Waals surface area contributed by atoms with Crippen molar-refractivity contribution in [1.82, 2.24) is 25.7 Å². The lowest BCUT2D eigenvalue weighted by atomic mass is 10.4. The molecule has 0 bridgehead atoms. The van der Waals surface area contributed by atoms with E-state index >= 15 is 0 Å². The third-order valence-corrected chi connectivity index (χ3v) is 4.15. The zero-order valence-electron chi connectivity index (χ0n) is 11.9. The molecule has 1 aromatic heterocycles. The number of aromatic nitrogens is 4. The smallest absolute Gasteiger partial charge is 0.404 e. The molecule has 0 fully saturated rings. The van der Waals surface area contributed by atoms with E-state index in [1.807, 2.05) is 0 Å². The molecule has 0 atom stereocenters. The summed E-state index contributed by atoms with van der Waals surface area (Å²) in [6.45, 7) is 4.08. The highest BCUT2D eigenvalue weighted by molar-refractivity contribution is 7.53. The van der Waals surface area contributed by atoms with Crippen LogP contribution < -0.4 is 5.32 Å². The summed E-state index contributed by atoms with van der Waals surface area (Å²) in [5.41, 5.74) is 0. The van der Waals surface area contributed by atoms with E-state index in [-0.39, 0.29) is 44.0 Å². The van der Waals surface area contributed by atoms with Crippen LogP contribution in [0.25, 0.3) is 0 Å². The van der Waals surface area contributed by atoms with Gasteiger partial charge in [-0.3, -0.25) is 4.57 Å². The number of hydrogen-bond donors (Lipinski definition) is 2. The Morgan fingerprint density at radius 3 is 2.14 bits per heavy atom. The van der Waals surface area contributed by atoms with Crippen molar-refractivity contribution in [1.29, 1.82) is 0 Å². The largest absolute Gasteiger partial charge is 0.465 e. The lowest BCUT2D eigenvalue weighted by molar-refractivity contribution is 0.194. The monoisotopic (exact) mass is 319 g/mol. The van der Waals surface area contributed by atoms with E-state index < -0.39 is 13.7 Å². The van der Waals surface area contributed by atoms with Crippen LogP contribution in [0.5, 0.6) is 0 Å². The molecule has 0 aromatic carbocycles. The molecule has 0 unspecified atom stereocenters. The Morgan fingerprint density at radius 2 is 1.67 bits per heavy atom. The van der Waals surface area contributed by atoms with Crippen molar-refractivity contribution in [3.63, 3.8) is 0 Å². The average Bonchev–Trinajstić information content (AvgIpc) is 2.41. The molecule has 118 valence electrons. The Labute approximate surface area is 121 Å². The Bertz CT molecular complexity index is 487. The van der Waals surface area contributed by atoms with Crippen LogP contribution >= 0.6 is 7.60 Å². The average molecular weight is 319 g/mol. The van der Waals surface area contributed by atoms with E-state index in [1.165, 1.54) is 0 Å². The molecule has 1 rings (SSSR count). The van der Waals surface area contributed by atoms with Gasteiger partial charge in [0.15, 0.2) is 11.6 Å². The predicted molar refractivity (Wildman–Crippen MR) is 71.9 cm³/mol. The molecule has 0 radical (unpaired) electrons. The van der Waals surface area contributed by atoms with Crippen molar-refractivity contribution < 1.29 is 23.5 Å². The van der Waals surface area contributed by atoms with Gasteiger partial charge in [-0.15, -0.1) is 20.4 Å². The van der Waals surface area contributed by atoms with E-state index in [9.17, 15) is 9.36 Å². The zero-order valence-corrected chi connectivity index (χ0v) is 12.7. The SMILES string of the molecule is CCOP(=O)(Cc1nnc(CCNC(=O)O)nn1)OCC. The quantitative estimate of drug-likeness (QED) is 0.634. The summed E-state index contributed by atoms with van der Waals surface area (Å²) < 4.78 is 22.5. The van der Waals surface area contributed by atoms with E-state index in [1.54, 1.807) is 13.8 Å². The van der Waals surface area contributed by atoms with Gasteiger partial charge in [-0.25, -0.2) is 4.79 Å². The predicted octanol–water partition coefficient (Wildman–Crippen LogP) is 0.843. The van der Waals surface area contributed by atoms with Gasteiger partial charge in [0.05, 0.1) is 13.2 Å². The van der Waals surface area contributed by atoms with Crippen molar-refractivity contribution in [2.24, 2.45) is 0 Å². The van der Waals surface area contributed by atoms with Crippen LogP contribution in [-0.2, 0) is 26.2 Å². The molecule has 0 aliphatic carbocycles. The minimum Gasteiger partial charge on any atom is -0.465 e. The fourth-order valence-electron chi connectivity index (χ4n) is 1.41. The van der Waals surface area contributed by atoms with E-state index in [0.29, 0.717) is 0 Å². The van der Waals surface area contributed by atoms with Gasteiger partial charge >= 0.3 is 13.7 Å². The summed E-state index contributed by atoms with van der Waals surface area (Å²) >= 11 is 0. The minimum absolute atomic E-state index is 0.109. The topological polar surface area (TPSA) is 136 Å². The molecule has 11 heteroatoms. The van der Waals surface area contributed by atoms with Gasteiger partial charge in [-0.2, -0.15) is 0 Å². The van der Waals surface area contributed by atoms with Crippen molar-refractivity contribution in [2.75, 3.05) is 19.8 Å².